The molecule has 286 valence electrons. The van der Waals surface area contributed by atoms with E-state index in [0.29, 0.717) is 37.4 Å². The van der Waals surface area contributed by atoms with E-state index in [1.54, 1.807) is 6.07 Å². The van der Waals surface area contributed by atoms with E-state index >= 15 is 0 Å². The van der Waals surface area contributed by atoms with Gasteiger partial charge in [-0.25, -0.2) is 17.6 Å². The highest BCUT2D eigenvalue weighted by Crippen LogP contribution is 2.36. The Morgan fingerprint density at radius 3 is 1.60 bits per heavy atom. The number of hydrogen-bond acceptors (Lipinski definition) is 1. The summed E-state index contributed by atoms with van der Waals surface area (Å²) in [5.74, 6) is -2.06. The molecule has 0 saturated heterocycles. The predicted molar refractivity (Wildman–Crippen MR) is 208 cm³/mol. The van der Waals surface area contributed by atoms with Gasteiger partial charge in [0, 0.05) is 23.7 Å². The molecule has 50 heavy (non-hydrogen) atoms. The van der Waals surface area contributed by atoms with Crippen LogP contribution in [0.15, 0.2) is 60.7 Å². The maximum atomic E-state index is 14.1. The van der Waals surface area contributed by atoms with Gasteiger partial charge in [0.15, 0.2) is 0 Å². The number of anilines is 1. The van der Waals surface area contributed by atoms with Crippen LogP contribution in [0.4, 0.5) is 32.0 Å². The minimum Gasteiger partial charge on any atom is -0.398 e. The van der Waals surface area contributed by atoms with Crippen LogP contribution in [-0.2, 0) is 12.3 Å². The molecule has 3 rings (SSSR count). The molecule has 2 atom stereocenters. The lowest BCUT2D eigenvalue weighted by Crippen LogP contribution is -2.11. The highest BCUT2D eigenvalue weighted by Gasteiger charge is 2.27. The molecule has 0 heterocycles. The second-order valence-electron chi connectivity index (χ2n) is 13.2. The topological polar surface area (TPSA) is 26.0 Å². The van der Waals surface area contributed by atoms with Gasteiger partial charge >= 0.3 is 0 Å². The minimum atomic E-state index is -2.93. The highest BCUT2D eigenvalue weighted by molar-refractivity contribution is 5.79. The van der Waals surface area contributed by atoms with Gasteiger partial charge in [0.1, 0.15) is 12.0 Å². The molecule has 0 radical (unpaired) electrons. The Balaban J connectivity index is -0.000000710. The first-order chi connectivity index (χ1) is 23.2. The Morgan fingerprint density at radius 1 is 0.740 bits per heavy atom. The average Bonchev–Trinajstić information content (AvgIpc) is 3.06. The van der Waals surface area contributed by atoms with Crippen LogP contribution in [0.25, 0.3) is 11.1 Å². The molecule has 7 heteroatoms. The number of allylic oxidation sites excluding steroid dienone is 1. The van der Waals surface area contributed by atoms with Gasteiger partial charge in [0.25, 0.3) is 5.92 Å². The van der Waals surface area contributed by atoms with Gasteiger partial charge in [-0.05, 0) is 109 Å². The Hall–Kier alpha value is -3.22. The van der Waals surface area contributed by atoms with E-state index in [1.165, 1.54) is 41.8 Å². The first kappa shape index (κ1) is 51.2. The SMILES string of the molecule is C=C(C)C.CC.CC(F)c1cc(C(C)C(C)C)cc(C(C)(F)F)c1.CCc1cc(C(C)C)ccc1-c1cc(C(C)C)c(F)cc1N.CF.CF. The Labute approximate surface area is 301 Å². The Morgan fingerprint density at radius 2 is 1.22 bits per heavy atom. The molecule has 0 aliphatic carbocycles. The number of alkyl halides is 5. The molecule has 0 aliphatic rings. The van der Waals surface area contributed by atoms with Crippen molar-refractivity contribution in [1.29, 1.82) is 0 Å². The summed E-state index contributed by atoms with van der Waals surface area (Å²) in [5, 5.41) is 0. The van der Waals surface area contributed by atoms with E-state index in [-0.39, 0.29) is 23.2 Å². The lowest BCUT2D eigenvalue weighted by atomic mass is 9.87. The molecule has 0 aliphatic heterocycles. The molecule has 1 nitrogen and oxygen atoms in total. The molecule has 0 saturated carbocycles. The second kappa shape index (κ2) is 25.7. The fourth-order valence-corrected chi connectivity index (χ4v) is 4.62. The van der Waals surface area contributed by atoms with Crippen LogP contribution in [-0.4, -0.2) is 14.4 Å². The van der Waals surface area contributed by atoms with Crippen molar-refractivity contribution >= 4 is 5.69 Å². The number of nitrogen functional groups attached to an aromatic ring is 1. The third kappa shape index (κ3) is 17.6. The summed E-state index contributed by atoms with van der Waals surface area (Å²) in [6, 6.07) is 14.4. The quantitative estimate of drug-likeness (QED) is 0.140. The molecule has 0 amide bonds. The maximum Gasteiger partial charge on any atom is 0.270 e. The third-order valence-corrected chi connectivity index (χ3v) is 7.73. The smallest absolute Gasteiger partial charge is 0.270 e. The largest absolute Gasteiger partial charge is 0.398 e. The average molecular weight is 712 g/mol. The van der Waals surface area contributed by atoms with Crippen molar-refractivity contribution in [2.75, 3.05) is 20.1 Å². The summed E-state index contributed by atoms with van der Waals surface area (Å²) in [6.07, 6.45) is -0.297. The summed E-state index contributed by atoms with van der Waals surface area (Å²) in [5.41, 5.74) is 14.2. The zero-order valence-electron chi connectivity index (χ0n) is 33.8. The molecule has 2 N–H and O–H groups in total. The molecule has 0 spiro atoms. The van der Waals surface area contributed by atoms with E-state index in [4.69, 9.17) is 5.73 Å². The second-order valence-corrected chi connectivity index (χ2v) is 13.2. The maximum absolute atomic E-state index is 14.1. The van der Waals surface area contributed by atoms with Crippen molar-refractivity contribution in [3.63, 3.8) is 0 Å². The molecule has 3 aromatic rings. The summed E-state index contributed by atoms with van der Waals surface area (Å²) in [4.78, 5) is 0. The fourth-order valence-electron chi connectivity index (χ4n) is 4.62. The minimum absolute atomic E-state index is 0.105. The number of halogens is 6. The molecular formula is C43H67F6N. The van der Waals surface area contributed by atoms with Gasteiger partial charge in [-0.15, -0.1) is 6.58 Å². The van der Waals surface area contributed by atoms with Crippen LogP contribution in [0.1, 0.15) is 154 Å². The first-order valence-corrected chi connectivity index (χ1v) is 17.5. The summed E-state index contributed by atoms with van der Waals surface area (Å²) < 4.78 is 73.3. The molecule has 3 aromatic carbocycles. The Kier molecular flexibility index (Phi) is 26.3. The molecular weight excluding hydrogens is 644 g/mol. The van der Waals surface area contributed by atoms with Gasteiger partial charge in [-0.3, -0.25) is 8.78 Å². The fraction of sp³-hybridized carbons (Fsp3) is 0.535. The number of rotatable bonds is 8. The first-order valence-electron chi connectivity index (χ1n) is 17.5. The number of nitrogens with two attached hydrogens (primary N) is 1. The van der Waals surface area contributed by atoms with Crippen LogP contribution < -0.4 is 5.73 Å². The van der Waals surface area contributed by atoms with E-state index in [9.17, 15) is 26.3 Å². The lowest BCUT2D eigenvalue weighted by molar-refractivity contribution is 0.0172. The van der Waals surface area contributed by atoms with E-state index in [0.717, 1.165) is 35.6 Å². The van der Waals surface area contributed by atoms with Crippen molar-refractivity contribution in [2.45, 2.75) is 133 Å². The van der Waals surface area contributed by atoms with Gasteiger partial charge in [-0.1, -0.05) is 99.1 Å². The molecule has 0 fully saturated rings. The molecule has 0 aromatic heterocycles. The van der Waals surface area contributed by atoms with Crippen LogP contribution in [0.3, 0.4) is 0 Å². The van der Waals surface area contributed by atoms with Crippen LogP contribution in [0.2, 0.25) is 0 Å². The number of hydrogen-bond donors (Lipinski definition) is 1. The zero-order valence-corrected chi connectivity index (χ0v) is 33.8. The van der Waals surface area contributed by atoms with Gasteiger partial charge < -0.3 is 5.73 Å². The van der Waals surface area contributed by atoms with Gasteiger partial charge in [-0.2, -0.15) is 0 Å². The van der Waals surface area contributed by atoms with Crippen molar-refractivity contribution in [3.8, 4) is 11.1 Å². The lowest BCUT2D eigenvalue weighted by Gasteiger charge is -2.21. The summed E-state index contributed by atoms with van der Waals surface area (Å²) in [6.45, 7) is 30.3. The van der Waals surface area contributed by atoms with Crippen molar-refractivity contribution in [3.05, 3.63) is 99.9 Å². The predicted octanol–water partition coefficient (Wildman–Crippen LogP) is 15.3. The van der Waals surface area contributed by atoms with Crippen molar-refractivity contribution < 1.29 is 26.3 Å². The normalized spacial score (nSPS) is 11.6. The number of benzene rings is 3. The van der Waals surface area contributed by atoms with Crippen molar-refractivity contribution in [2.24, 2.45) is 5.92 Å². The third-order valence-electron chi connectivity index (χ3n) is 7.73. The van der Waals surface area contributed by atoms with Crippen LogP contribution in [0, 0.1) is 11.7 Å². The highest BCUT2D eigenvalue weighted by atomic mass is 19.3. The van der Waals surface area contributed by atoms with Gasteiger partial charge in [0.2, 0.25) is 0 Å². The Bertz CT molecular complexity index is 1370. The van der Waals surface area contributed by atoms with Crippen LogP contribution >= 0.6 is 0 Å². The summed E-state index contributed by atoms with van der Waals surface area (Å²) >= 11 is 0. The van der Waals surface area contributed by atoms with Crippen molar-refractivity contribution in [1.82, 2.24) is 0 Å². The standard InChI is InChI=1S/C20H26FN.C15H21F3.C4H8.C2H6.2CH3F/c1-6-14-9-15(12(2)3)7-8-16(14)18-10-17(13(4)5)19(21)11-20(18)22;1-9(2)10(3)12-6-13(11(4)16)8-14(7-12)15(5,17)18;1-4(2)3;3*1-2/h7-13H,6,22H2,1-5H3;6-11H,1-5H3;1H2,2-3H3;1-2H3;2*1H3. The van der Waals surface area contributed by atoms with E-state index in [2.05, 4.69) is 45.5 Å². The van der Waals surface area contributed by atoms with Gasteiger partial charge in [0.05, 0.1) is 14.4 Å². The van der Waals surface area contributed by atoms with Crippen LogP contribution in [0.5, 0.6) is 0 Å². The monoisotopic (exact) mass is 712 g/mol. The molecule has 2 unspecified atom stereocenters. The summed E-state index contributed by atoms with van der Waals surface area (Å²) in [7, 11) is 1.00. The number of aryl methyl sites for hydroxylation is 1. The molecule has 0 bridgehead atoms. The zero-order chi connectivity index (χ0) is 40.1. The van der Waals surface area contributed by atoms with E-state index in [1.807, 2.05) is 68.4 Å². The van der Waals surface area contributed by atoms with E-state index < -0.39 is 12.1 Å².